The van der Waals surface area contributed by atoms with Crippen molar-refractivity contribution in [2.75, 3.05) is 25.0 Å². The molecule has 2 fully saturated rings. The van der Waals surface area contributed by atoms with Crippen LogP contribution in [0.3, 0.4) is 0 Å². The highest BCUT2D eigenvalue weighted by Gasteiger charge is 2.41. The Labute approximate surface area is 225 Å². The monoisotopic (exact) mass is 534 g/mol. The van der Waals surface area contributed by atoms with Gasteiger partial charge in [-0.3, -0.25) is 0 Å². The van der Waals surface area contributed by atoms with Gasteiger partial charge in [-0.1, -0.05) is 6.07 Å². The fourth-order valence-electron chi connectivity index (χ4n) is 6.55. The van der Waals surface area contributed by atoms with Crippen LogP contribution in [-0.4, -0.2) is 51.6 Å². The molecule has 0 saturated carbocycles. The lowest BCUT2D eigenvalue weighted by molar-refractivity contribution is 0.150. The van der Waals surface area contributed by atoms with Crippen LogP contribution >= 0.6 is 0 Å². The number of hydrogen-bond donors (Lipinski definition) is 0. The van der Waals surface area contributed by atoms with Crippen LogP contribution in [0, 0.1) is 12.7 Å². The molecule has 3 aromatic rings. The normalized spacial score (nSPS) is 23.7. The Bertz CT molecular complexity index is 1410. The van der Waals surface area contributed by atoms with Gasteiger partial charge in [-0.25, -0.2) is 12.8 Å². The van der Waals surface area contributed by atoms with E-state index in [9.17, 15) is 12.8 Å². The molecule has 2 unspecified atom stereocenters. The zero-order chi connectivity index (χ0) is 26.4. The number of rotatable bonds is 5. The first-order valence-electron chi connectivity index (χ1n) is 13.6. The maximum atomic E-state index is 13.7. The second-order valence-electron chi connectivity index (χ2n) is 11.1. The van der Waals surface area contributed by atoms with Crippen molar-refractivity contribution in [1.29, 1.82) is 0 Å². The second-order valence-corrected chi connectivity index (χ2v) is 13.1. The van der Waals surface area contributed by atoms with E-state index in [2.05, 4.69) is 22.9 Å². The number of anilines is 1. The molecule has 0 spiro atoms. The number of likely N-dealkylation sites (N-methyl/N-ethyl adjacent to an activating group) is 1. The summed E-state index contributed by atoms with van der Waals surface area (Å²) in [5.41, 5.74) is 4.30. The number of aryl methyl sites for hydroxylation is 1. The number of benzene rings is 3. The van der Waals surface area contributed by atoms with E-state index in [1.54, 1.807) is 24.3 Å². The molecule has 3 heterocycles. The van der Waals surface area contributed by atoms with Gasteiger partial charge < -0.3 is 14.5 Å². The van der Waals surface area contributed by atoms with Crippen LogP contribution in [0.1, 0.15) is 42.4 Å². The standard InChI is InChI=1S/C31H35FN2O3S/c1-21-17-22-13-15-33(2)16-14-23(22)18-31(21)38(35,36)30-11-7-25(8-12-30)34-26-5-6-27(34)20-29(19-26)37-28-9-3-24(32)4-10-28/h3-4,7-12,17-18,26-27,29H,5-6,13-16,19-20H2,1-2H3. The van der Waals surface area contributed by atoms with E-state index in [4.69, 9.17) is 4.74 Å². The number of fused-ring (bicyclic) bond motifs is 3. The average molecular weight is 535 g/mol. The molecule has 200 valence electrons. The van der Waals surface area contributed by atoms with Crippen molar-refractivity contribution in [3.8, 4) is 5.75 Å². The molecule has 0 amide bonds. The summed E-state index contributed by atoms with van der Waals surface area (Å²) >= 11 is 0. The van der Waals surface area contributed by atoms with E-state index >= 15 is 0 Å². The van der Waals surface area contributed by atoms with Crippen molar-refractivity contribution in [1.82, 2.24) is 4.90 Å². The molecule has 3 aliphatic heterocycles. The molecule has 3 aromatic carbocycles. The van der Waals surface area contributed by atoms with Crippen LogP contribution in [0.15, 0.2) is 70.5 Å². The van der Waals surface area contributed by atoms with Gasteiger partial charge in [0.1, 0.15) is 17.7 Å². The second kappa shape index (κ2) is 10.0. The summed E-state index contributed by atoms with van der Waals surface area (Å²) in [7, 11) is -1.50. The van der Waals surface area contributed by atoms with Gasteiger partial charge in [0.05, 0.1) is 9.79 Å². The predicted molar refractivity (Wildman–Crippen MR) is 147 cm³/mol. The molecule has 2 saturated heterocycles. The smallest absolute Gasteiger partial charge is 0.206 e. The molecule has 0 aromatic heterocycles. The van der Waals surface area contributed by atoms with Crippen LogP contribution in [0.5, 0.6) is 5.75 Å². The number of halogens is 1. The molecule has 6 rings (SSSR count). The summed E-state index contributed by atoms with van der Waals surface area (Å²) in [4.78, 5) is 5.52. The third kappa shape index (κ3) is 4.82. The zero-order valence-corrected chi connectivity index (χ0v) is 22.9. The minimum atomic E-state index is -3.61. The summed E-state index contributed by atoms with van der Waals surface area (Å²) < 4.78 is 46.8. The molecule has 3 aliphatic rings. The summed E-state index contributed by atoms with van der Waals surface area (Å²) in [6.45, 7) is 3.85. The first-order valence-corrected chi connectivity index (χ1v) is 15.1. The quantitative estimate of drug-likeness (QED) is 0.428. The van der Waals surface area contributed by atoms with Gasteiger partial charge in [-0.2, -0.15) is 0 Å². The topological polar surface area (TPSA) is 49.9 Å². The van der Waals surface area contributed by atoms with Crippen LogP contribution in [0.4, 0.5) is 10.1 Å². The molecule has 5 nitrogen and oxygen atoms in total. The molecular weight excluding hydrogens is 499 g/mol. The van der Waals surface area contributed by atoms with E-state index in [1.807, 2.05) is 25.1 Å². The summed E-state index contributed by atoms with van der Waals surface area (Å²) in [5, 5.41) is 0. The van der Waals surface area contributed by atoms with Gasteiger partial charge >= 0.3 is 0 Å². The van der Waals surface area contributed by atoms with Crippen molar-refractivity contribution in [2.45, 2.75) is 73.4 Å². The van der Waals surface area contributed by atoms with E-state index in [0.717, 1.165) is 68.4 Å². The molecule has 0 N–H and O–H groups in total. The lowest BCUT2D eigenvalue weighted by Gasteiger charge is -2.40. The van der Waals surface area contributed by atoms with Crippen LogP contribution in [-0.2, 0) is 22.7 Å². The third-order valence-corrected chi connectivity index (χ3v) is 10.5. The maximum absolute atomic E-state index is 13.7. The van der Waals surface area contributed by atoms with Crippen molar-refractivity contribution in [3.05, 3.63) is 83.2 Å². The Morgan fingerprint density at radius 2 is 1.47 bits per heavy atom. The molecule has 7 heteroatoms. The highest BCUT2D eigenvalue weighted by atomic mass is 32.2. The predicted octanol–water partition coefficient (Wildman–Crippen LogP) is 5.58. The number of nitrogens with zero attached hydrogens (tertiary/aromatic N) is 2. The lowest BCUT2D eigenvalue weighted by atomic mass is 9.98. The van der Waals surface area contributed by atoms with Gasteiger partial charge in [0, 0.05) is 43.7 Å². The van der Waals surface area contributed by atoms with Gasteiger partial charge in [0.2, 0.25) is 9.84 Å². The molecular formula is C31H35FN2O3S. The van der Waals surface area contributed by atoms with Gasteiger partial charge in [-0.05, 0) is 111 Å². The minimum absolute atomic E-state index is 0.102. The third-order valence-electron chi connectivity index (χ3n) is 8.56. The Balaban J connectivity index is 1.19. The number of sulfone groups is 1. The Morgan fingerprint density at radius 1 is 0.868 bits per heavy atom. The number of hydrogen-bond acceptors (Lipinski definition) is 5. The summed E-state index contributed by atoms with van der Waals surface area (Å²) in [6.07, 6.45) is 5.92. The van der Waals surface area contributed by atoms with Crippen molar-refractivity contribution in [2.24, 2.45) is 0 Å². The van der Waals surface area contributed by atoms with Crippen LogP contribution in [0.2, 0.25) is 0 Å². The van der Waals surface area contributed by atoms with E-state index in [1.165, 1.54) is 17.7 Å². The largest absolute Gasteiger partial charge is 0.490 e. The summed E-state index contributed by atoms with van der Waals surface area (Å²) in [6, 6.07) is 18.4. The molecule has 0 radical (unpaired) electrons. The molecule has 0 aliphatic carbocycles. The van der Waals surface area contributed by atoms with Gasteiger partial charge in [-0.15, -0.1) is 0 Å². The van der Waals surface area contributed by atoms with E-state index < -0.39 is 9.84 Å². The lowest BCUT2D eigenvalue weighted by Crippen LogP contribution is -2.46. The Kier molecular flexibility index (Phi) is 6.68. The van der Waals surface area contributed by atoms with Crippen molar-refractivity contribution >= 4 is 15.5 Å². The highest BCUT2D eigenvalue weighted by molar-refractivity contribution is 7.91. The first kappa shape index (κ1) is 25.4. The SMILES string of the molecule is Cc1cc2c(cc1S(=O)(=O)c1ccc(N3C4CCC3CC(Oc3ccc(F)cc3)C4)cc1)CCN(C)CC2. The minimum Gasteiger partial charge on any atom is -0.490 e. The van der Waals surface area contributed by atoms with Gasteiger partial charge in [0.25, 0.3) is 0 Å². The summed E-state index contributed by atoms with van der Waals surface area (Å²) in [5.74, 6) is 0.446. The van der Waals surface area contributed by atoms with Crippen LogP contribution < -0.4 is 9.64 Å². The molecule has 2 atom stereocenters. The van der Waals surface area contributed by atoms with E-state index in [0.29, 0.717) is 27.6 Å². The fourth-order valence-corrected chi connectivity index (χ4v) is 8.08. The Hall–Kier alpha value is -2.90. The average Bonchev–Trinajstić information content (AvgIpc) is 3.05. The Morgan fingerprint density at radius 3 is 2.11 bits per heavy atom. The zero-order valence-electron chi connectivity index (χ0n) is 22.1. The maximum Gasteiger partial charge on any atom is 0.206 e. The molecule has 38 heavy (non-hydrogen) atoms. The van der Waals surface area contributed by atoms with Crippen LogP contribution in [0.25, 0.3) is 0 Å². The van der Waals surface area contributed by atoms with Gasteiger partial charge in [0.15, 0.2) is 0 Å². The first-order chi connectivity index (χ1) is 18.3. The highest BCUT2D eigenvalue weighted by Crippen LogP contribution is 2.41. The van der Waals surface area contributed by atoms with Crippen molar-refractivity contribution in [3.63, 3.8) is 0 Å². The molecule has 2 bridgehead atoms. The van der Waals surface area contributed by atoms with Crippen molar-refractivity contribution < 1.29 is 17.5 Å². The number of ether oxygens (including phenoxy) is 1. The number of piperidine rings is 1. The fraction of sp³-hybridized carbons (Fsp3) is 0.419. The van der Waals surface area contributed by atoms with E-state index in [-0.39, 0.29) is 11.9 Å².